The van der Waals surface area contributed by atoms with Crippen molar-refractivity contribution in [2.24, 2.45) is 0 Å². The molecule has 3 heteroatoms. The molecule has 0 aliphatic carbocycles. The molecule has 0 spiro atoms. The van der Waals surface area contributed by atoms with Gasteiger partial charge in [0.25, 0.3) is 0 Å². The summed E-state index contributed by atoms with van der Waals surface area (Å²) >= 11 is 3.13. The first-order chi connectivity index (χ1) is 4.75. The van der Waals surface area contributed by atoms with Gasteiger partial charge in [-0.05, 0) is 34.1 Å². The fourth-order valence-corrected chi connectivity index (χ4v) is 0.928. The van der Waals surface area contributed by atoms with Crippen LogP contribution in [0, 0.1) is 6.07 Å². The van der Waals surface area contributed by atoms with Crippen molar-refractivity contribution in [1.82, 2.24) is 0 Å². The van der Waals surface area contributed by atoms with Gasteiger partial charge < -0.3 is 9.84 Å². The molecule has 0 amide bonds. The molecule has 0 saturated heterocycles. The second-order valence-electron chi connectivity index (χ2n) is 1.72. The second kappa shape index (κ2) is 2.92. The highest BCUT2D eigenvalue weighted by molar-refractivity contribution is 9.10. The van der Waals surface area contributed by atoms with E-state index in [4.69, 9.17) is 4.74 Å². The highest BCUT2D eigenvalue weighted by Crippen LogP contribution is 2.32. The SMILES string of the molecule is COc1c[c]cc(Br)c1O. The van der Waals surface area contributed by atoms with Gasteiger partial charge in [0, 0.05) is 0 Å². The van der Waals surface area contributed by atoms with E-state index in [9.17, 15) is 5.11 Å². The first-order valence-electron chi connectivity index (χ1n) is 2.68. The summed E-state index contributed by atoms with van der Waals surface area (Å²) in [5.74, 6) is 0.538. The van der Waals surface area contributed by atoms with Crippen molar-refractivity contribution in [2.45, 2.75) is 0 Å². The number of benzene rings is 1. The van der Waals surface area contributed by atoms with Crippen LogP contribution in [0.5, 0.6) is 11.5 Å². The van der Waals surface area contributed by atoms with Crippen LogP contribution < -0.4 is 4.74 Å². The Labute approximate surface area is 67.6 Å². The standard InChI is InChI=1S/C7H6BrO2/c1-10-6-4-2-3-5(8)7(6)9/h3-4,9H,1H3. The van der Waals surface area contributed by atoms with Crippen LogP contribution in [0.1, 0.15) is 0 Å². The summed E-state index contributed by atoms with van der Waals surface area (Å²) in [6.07, 6.45) is 0. The minimum atomic E-state index is 0.112. The molecule has 1 rings (SSSR count). The maximum Gasteiger partial charge on any atom is 0.172 e. The Bertz CT molecular complexity index is 235. The van der Waals surface area contributed by atoms with E-state index < -0.39 is 0 Å². The minimum absolute atomic E-state index is 0.112. The predicted molar refractivity (Wildman–Crippen MR) is 41.2 cm³/mol. The maximum atomic E-state index is 9.21. The Hall–Kier alpha value is -0.700. The molecule has 1 aromatic rings. The molecule has 1 N–H and O–H groups in total. The molecule has 0 saturated carbocycles. The normalized spacial score (nSPS) is 9.40. The number of hydrogen-bond donors (Lipinski definition) is 1. The Morgan fingerprint density at radius 1 is 1.60 bits per heavy atom. The second-order valence-corrected chi connectivity index (χ2v) is 2.57. The van der Waals surface area contributed by atoms with E-state index in [1.807, 2.05) is 0 Å². The quantitative estimate of drug-likeness (QED) is 0.754. The van der Waals surface area contributed by atoms with Crippen molar-refractivity contribution in [3.05, 3.63) is 22.7 Å². The number of phenolic OH excluding ortho intramolecular Hbond substituents is 1. The lowest BCUT2D eigenvalue weighted by atomic mass is 10.3. The van der Waals surface area contributed by atoms with Gasteiger partial charge in [0.1, 0.15) is 0 Å². The van der Waals surface area contributed by atoms with Gasteiger partial charge >= 0.3 is 0 Å². The van der Waals surface area contributed by atoms with E-state index in [2.05, 4.69) is 22.0 Å². The summed E-state index contributed by atoms with van der Waals surface area (Å²) < 4.78 is 5.40. The zero-order chi connectivity index (χ0) is 7.56. The van der Waals surface area contributed by atoms with E-state index >= 15 is 0 Å². The van der Waals surface area contributed by atoms with Crippen LogP contribution in [0.3, 0.4) is 0 Å². The fraction of sp³-hybridized carbons (Fsp3) is 0.143. The third-order valence-corrected chi connectivity index (χ3v) is 1.71. The third-order valence-electron chi connectivity index (χ3n) is 1.10. The van der Waals surface area contributed by atoms with Gasteiger partial charge in [0.15, 0.2) is 11.5 Å². The van der Waals surface area contributed by atoms with E-state index in [-0.39, 0.29) is 5.75 Å². The van der Waals surface area contributed by atoms with Gasteiger partial charge in [0.2, 0.25) is 0 Å². The summed E-state index contributed by atoms with van der Waals surface area (Å²) in [5.41, 5.74) is 0. The number of phenols is 1. The average molecular weight is 202 g/mol. The maximum absolute atomic E-state index is 9.21. The number of rotatable bonds is 1. The first kappa shape index (κ1) is 7.41. The Morgan fingerprint density at radius 2 is 2.30 bits per heavy atom. The summed E-state index contributed by atoms with van der Waals surface area (Å²) in [6, 6.07) is 5.98. The van der Waals surface area contributed by atoms with Crippen molar-refractivity contribution < 1.29 is 9.84 Å². The van der Waals surface area contributed by atoms with E-state index in [0.29, 0.717) is 10.2 Å². The monoisotopic (exact) mass is 201 g/mol. The van der Waals surface area contributed by atoms with Gasteiger partial charge in [0.05, 0.1) is 11.6 Å². The van der Waals surface area contributed by atoms with Gasteiger partial charge in [-0.2, -0.15) is 0 Å². The summed E-state index contributed by atoms with van der Waals surface area (Å²) in [7, 11) is 1.50. The van der Waals surface area contributed by atoms with Crippen LogP contribution in [0.4, 0.5) is 0 Å². The summed E-state index contributed by atoms with van der Waals surface area (Å²) in [6.45, 7) is 0. The molecule has 1 radical (unpaired) electrons. The highest BCUT2D eigenvalue weighted by Gasteiger charge is 2.02. The van der Waals surface area contributed by atoms with Crippen LogP contribution >= 0.6 is 15.9 Å². The van der Waals surface area contributed by atoms with Gasteiger partial charge in [-0.3, -0.25) is 0 Å². The highest BCUT2D eigenvalue weighted by atomic mass is 79.9. The smallest absolute Gasteiger partial charge is 0.172 e. The van der Waals surface area contributed by atoms with Gasteiger partial charge in [-0.15, -0.1) is 0 Å². The van der Waals surface area contributed by atoms with Crippen LogP contribution in [-0.4, -0.2) is 12.2 Å². The molecule has 0 aliphatic heterocycles. The minimum Gasteiger partial charge on any atom is -0.503 e. The number of ether oxygens (including phenoxy) is 1. The van der Waals surface area contributed by atoms with Gasteiger partial charge in [-0.25, -0.2) is 0 Å². The van der Waals surface area contributed by atoms with Crippen molar-refractivity contribution >= 4 is 15.9 Å². The van der Waals surface area contributed by atoms with Crippen molar-refractivity contribution in [3.8, 4) is 11.5 Å². The van der Waals surface area contributed by atoms with Crippen molar-refractivity contribution in [2.75, 3.05) is 7.11 Å². The molecule has 1 aromatic carbocycles. The largest absolute Gasteiger partial charge is 0.503 e. The van der Waals surface area contributed by atoms with Gasteiger partial charge in [-0.1, -0.05) is 0 Å². The van der Waals surface area contributed by atoms with E-state index in [0.717, 1.165) is 0 Å². The van der Waals surface area contributed by atoms with Crippen molar-refractivity contribution in [1.29, 1.82) is 0 Å². The number of halogens is 1. The Morgan fingerprint density at radius 3 is 2.80 bits per heavy atom. The van der Waals surface area contributed by atoms with Crippen LogP contribution in [-0.2, 0) is 0 Å². The molecular weight excluding hydrogens is 196 g/mol. The molecule has 10 heavy (non-hydrogen) atoms. The lowest BCUT2D eigenvalue weighted by molar-refractivity contribution is 0.372. The molecule has 0 heterocycles. The van der Waals surface area contributed by atoms with E-state index in [1.165, 1.54) is 7.11 Å². The molecule has 0 aromatic heterocycles. The zero-order valence-corrected chi connectivity index (χ0v) is 6.97. The zero-order valence-electron chi connectivity index (χ0n) is 5.39. The topological polar surface area (TPSA) is 29.5 Å². The number of methoxy groups -OCH3 is 1. The van der Waals surface area contributed by atoms with E-state index in [1.54, 1.807) is 12.1 Å². The molecule has 2 nitrogen and oxygen atoms in total. The molecule has 0 fully saturated rings. The predicted octanol–water partition coefficient (Wildman–Crippen LogP) is 1.96. The molecule has 0 atom stereocenters. The fourth-order valence-electron chi connectivity index (χ4n) is 0.601. The van der Waals surface area contributed by atoms with Crippen LogP contribution in [0.15, 0.2) is 16.6 Å². The summed E-state index contributed by atoms with van der Waals surface area (Å²) in [5, 5.41) is 9.21. The molecule has 0 unspecified atom stereocenters. The molecule has 0 aliphatic rings. The lowest BCUT2D eigenvalue weighted by Gasteiger charge is -2.02. The Balaban J connectivity index is 3.14. The number of hydrogen-bond acceptors (Lipinski definition) is 2. The first-order valence-corrected chi connectivity index (χ1v) is 3.47. The van der Waals surface area contributed by atoms with Crippen molar-refractivity contribution in [3.63, 3.8) is 0 Å². The molecule has 53 valence electrons. The molecule has 0 bridgehead atoms. The summed E-state index contributed by atoms with van der Waals surface area (Å²) in [4.78, 5) is 0. The van der Waals surface area contributed by atoms with Crippen LogP contribution in [0.25, 0.3) is 0 Å². The Kier molecular flexibility index (Phi) is 2.17. The van der Waals surface area contributed by atoms with Crippen LogP contribution in [0.2, 0.25) is 0 Å². The molecular formula is C7H6BrO2. The average Bonchev–Trinajstić information content (AvgIpc) is 1.95. The lowest BCUT2D eigenvalue weighted by Crippen LogP contribution is -1.82. The third kappa shape index (κ3) is 1.24. The number of aromatic hydroxyl groups is 1.